The monoisotopic (exact) mass is 491 g/mol. The van der Waals surface area contributed by atoms with Gasteiger partial charge in [-0.1, -0.05) is 6.07 Å². The number of hydrogen-bond acceptors (Lipinski definition) is 9. The van der Waals surface area contributed by atoms with Crippen LogP contribution in [0.25, 0.3) is 5.52 Å². The van der Waals surface area contributed by atoms with Crippen LogP contribution in [0, 0.1) is 21.4 Å². The van der Waals surface area contributed by atoms with Crippen molar-refractivity contribution in [3.63, 3.8) is 0 Å². The molecule has 0 saturated heterocycles. The first-order valence-corrected chi connectivity index (χ1v) is 11.4. The van der Waals surface area contributed by atoms with Crippen molar-refractivity contribution < 1.29 is 18.1 Å². The highest BCUT2D eigenvalue weighted by Gasteiger charge is 2.27. The highest BCUT2D eigenvalue weighted by Crippen LogP contribution is 2.31. The number of nitro groups is 1. The number of sulfonamides is 1. The Hall–Kier alpha value is -4.83. The summed E-state index contributed by atoms with van der Waals surface area (Å²) in [4.78, 5) is 14.3. The van der Waals surface area contributed by atoms with E-state index < -0.39 is 25.5 Å². The predicted octanol–water partition coefficient (Wildman–Crippen LogP) is 2.74. The van der Waals surface area contributed by atoms with Crippen molar-refractivity contribution in [1.82, 2.24) is 19.0 Å². The van der Waals surface area contributed by atoms with Crippen LogP contribution in [0.4, 0.5) is 5.69 Å². The summed E-state index contributed by atoms with van der Waals surface area (Å²) in [5.41, 5.74) is 1.55. The molecular weight excluding hydrogens is 474 g/mol. The molecule has 3 aromatic heterocycles. The normalized spacial score (nSPS) is 11.4. The molecule has 0 saturated carbocycles. The lowest BCUT2D eigenvalue weighted by Crippen LogP contribution is -2.23. The molecule has 0 atom stereocenters. The van der Waals surface area contributed by atoms with Crippen LogP contribution in [0.2, 0.25) is 0 Å². The maximum Gasteiger partial charge on any atom is 0.282 e. The molecule has 0 radical (unpaired) electrons. The van der Waals surface area contributed by atoms with Gasteiger partial charge in [0.05, 0.1) is 40.2 Å². The molecule has 35 heavy (non-hydrogen) atoms. The molecule has 0 N–H and O–H groups in total. The van der Waals surface area contributed by atoms with E-state index in [1.165, 1.54) is 30.0 Å². The summed E-state index contributed by atoms with van der Waals surface area (Å²) in [5, 5.41) is 28.5. The molecule has 0 aliphatic heterocycles. The third kappa shape index (κ3) is 4.92. The Morgan fingerprint density at radius 3 is 2.83 bits per heavy atom. The van der Waals surface area contributed by atoms with Gasteiger partial charge in [0.25, 0.3) is 15.7 Å². The number of rotatable bonds is 8. The molecular formula is C22H17N7O5S. The van der Waals surface area contributed by atoms with Gasteiger partial charge in [0.1, 0.15) is 17.3 Å². The average Bonchev–Trinajstić information content (AvgIpc) is 3.28. The quantitative estimate of drug-likeness (QED) is 0.207. The molecule has 0 amide bonds. The van der Waals surface area contributed by atoms with Crippen LogP contribution >= 0.6 is 0 Å². The van der Waals surface area contributed by atoms with Crippen LogP contribution in [-0.4, -0.2) is 45.6 Å². The van der Waals surface area contributed by atoms with Crippen LogP contribution in [0.1, 0.15) is 16.8 Å². The Morgan fingerprint density at radius 2 is 2.11 bits per heavy atom. The highest BCUT2D eigenvalue weighted by atomic mass is 32.2. The van der Waals surface area contributed by atoms with Crippen LogP contribution in [-0.2, 0) is 16.6 Å². The Kier molecular flexibility index (Phi) is 6.38. The van der Waals surface area contributed by atoms with E-state index in [1.54, 1.807) is 42.7 Å². The second-order valence-corrected chi connectivity index (χ2v) is 9.06. The van der Waals surface area contributed by atoms with Gasteiger partial charge in [-0.25, -0.2) is 4.52 Å². The van der Waals surface area contributed by atoms with Crippen molar-refractivity contribution in [2.24, 2.45) is 5.10 Å². The van der Waals surface area contributed by atoms with Crippen LogP contribution in [0.3, 0.4) is 0 Å². The van der Waals surface area contributed by atoms with Gasteiger partial charge in [0.2, 0.25) is 0 Å². The van der Waals surface area contributed by atoms with E-state index in [0.717, 1.165) is 12.1 Å². The van der Waals surface area contributed by atoms with E-state index in [9.17, 15) is 18.5 Å². The maximum atomic E-state index is 13.3. The Bertz CT molecular complexity index is 1580. The van der Waals surface area contributed by atoms with Crippen molar-refractivity contribution in [3.8, 4) is 11.8 Å². The van der Waals surface area contributed by atoms with Gasteiger partial charge < -0.3 is 4.74 Å². The zero-order valence-corrected chi connectivity index (χ0v) is 19.0. The smallest absolute Gasteiger partial charge is 0.282 e. The molecule has 4 aromatic rings. The Labute approximate surface area is 199 Å². The third-order valence-electron chi connectivity index (χ3n) is 4.91. The van der Waals surface area contributed by atoms with Crippen LogP contribution < -0.4 is 4.74 Å². The molecule has 0 aliphatic carbocycles. The number of pyridine rings is 2. The van der Waals surface area contributed by atoms with E-state index in [2.05, 4.69) is 15.2 Å². The lowest BCUT2D eigenvalue weighted by atomic mass is 10.2. The number of hydrogen-bond donors (Lipinski definition) is 0. The minimum absolute atomic E-state index is 0.0439. The van der Waals surface area contributed by atoms with Gasteiger partial charge in [-0.3, -0.25) is 15.1 Å². The van der Waals surface area contributed by atoms with E-state index in [4.69, 9.17) is 10.00 Å². The van der Waals surface area contributed by atoms with Crippen molar-refractivity contribution >= 4 is 27.4 Å². The molecule has 13 heteroatoms. The van der Waals surface area contributed by atoms with Crippen LogP contribution in [0.5, 0.6) is 5.75 Å². The molecule has 0 fully saturated rings. The molecule has 4 rings (SSSR count). The summed E-state index contributed by atoms with van der Waals surface area (Å²) >= 11 is 0. The van der Waals surface area contributed by atoms with E-state index >= 15 is 0 Å². The lowest BCUT2D eigenvalue weighted by Gasteiger charge is -2.16. The SMILES string of the molecule is CN(N=Cc1cnn2ccc(C#N)cc12)S(=O)(=O)c1cc([N+](=O)[O-])ccc1OCc1ccccn1. The topological polar surface area (TPSA) is 156 Å². The number of ether oxygens (including phenoxy) is 1. The summed E-state index contributed by atoms with van der Waals surface area (Å²) < 4.78 is 34.4. The second-order valence-electron chi connectivity index (χ2n) is 7.14. The number of nitriles is 1. The molecule has 176 valence electrons. The van der Waals surface area contributed by atoms with Crippen molar-refractivity contribution in [2.75, 3.05) is 7.05 Å². The van der Waals surface area contributed by atoms with E-state index in [-0.39, 0.29) is 12.4 Å². The molecule has 0 bridgehead atoms. The Balaban J connectivity index is 1.66. The molecule has 3 heterocycles. The van der Waals surface area contributed by atoms with E-state index in [0.29, 0.717) is 26.8 Å². The number of aromatic nitrogens is 3. The van der Waals surface area contributed by atoms with Gasteiger partial charge in [-0.15, -0.1) is 0 Å². The summed E-state index contributed by atoms with van der Waals surface area (Å²) in [5.74, 6) is -0.0852. The summed E-state index contributed by atoms with van der Waals surface area (Å²) in [7, 11) is -3.15. The zero-order chi connectivity index (χ0) is 25.0. The molecule has 12 nitrogen and oxygen atoms in total. The predicted molar refractivity (Wildman–Crippen MR) is 124 cm³/mol. The zero-order valence-electron chi connectivity index (χ0n) is 18.2. The van der Waals surface area contributed by atoms with Crippen molar-refractivity contribution in [3.05, 3.63) is 94.1 Å². The molecule has 1 aromatic carbocycles. The largest absolute Gasteiger partial charge is 0.486 e. The minimum atomic E-state index is -4.34. The van der Waals surface area contributed by atoms with Gasteiger partial charge in [0.15, 0.2) is 0 Å². The first-order chi connectivity index (χ1) is 16.8. The standard InChI is InChI=1S/C22H17N7O5S/c1-27(25-13-17-14-26-28-9-7-16(12-23)10-20(17)28)35(32,33)22-11-19(29(30)31)5-6-21(22)34-15-18-4-2-3-8-24-18/h2-11,13-14H,15H2,1H3. The fourth-order valence-electron chi connectivity index (χ4n) is 3.08. The summed E-state index contributed by atoms with van der Waals surface area (Å²) in [6, 6.07) is 13.7. The number of hydrazone groups is 1. The maximum absolute atomic E-state index is 13.3. The number of benzene rings is 1. The third-order valence-corrected chi connectivity index (χ3v) is 6.57. The van der Waals surface area contributed by atoms with Crippen LogP contribution in [0.15, 0.2) is 77.1 Å². The highest BCUT2D eigenvalue weighted by molar-refractivity contribution is 7.89. The average molecular weight is 491 g/mol. The van der Waals surface area contributed by atoms with Gasteiger partial charge >= 0.3 is 0 Å². The van der Waals surface area contributed by atoms with Gasteiger partial charge in [-0.05, 0) is 30.3 Å². The molecule has 0 unspecified atom stereocenters. The number of nitrogens with zero attached hydrogens (tertiary/aromatic N) is 7. The number of non-ortho nitro benzene ring substituents is 1. The lowest BCUT2D eigenvalue weighted by molar-refractivity contribution is -0.385. The summed E-state index contributed by atoms with van der Waals surface area (Å²) in [6.45, 7) is -0.0439. The minimum Gasteiger partial charge on any atom is -0.486 e. The fourth-order valence-corrected chi connectivity index (χ4v) is 4.19. The molecule has 0 spiro atoms. The second kappa shape index (κ2) is 9.57. The number of fused-ring (bicyclic) bond motifs is 1. The first-order valence-electron chi connectivity index (χ1n) is 10.0. The van der Waals surface area contributed by atoms with Crippen molar-refractivity contribution in [2.45, 2.75) is 11.5 Å². The Morgan fingerprint density at radius 1 is 1.29 bits per heavy atom. The van der Waals surface area contributed by atoms with Gasteiger partial charge in [-0.2, -0.15) is 28.3 Å². The number of nitro benzene ring substituents is 1. The van der Waals surface area contributed by atoms with Gasteiger partial charge in [0, 0.05) is 37.1 Å². The summed E-state index contributed by atoms with van der Waals surface area (Å²) in [6.07, 6.45) is 5.90. The fraction of sp³-hybridized carbons (Fsp3) is 0.0909. The van der Waals surface area contributed by atoms with Crippen molar-refractivity contribution in [1.29, 1.82) is 5.26 Å². The molecule has 0 aliphatic rings. The first kappa shape index (κ1) is 23.3. The van der Waals surface area contributed by atoms with E-state index in [1.807, 2.05) is 6.07 Å².